The second-order valence-corrected chi connectivity index (χ2v) is 5.67. The van der Waals surface area contributed by atoms with Gasteiger partial charge in [-0.15, -0.1) is 0 Å². The molecule has 1 aromatic carbocycles. The van der Waals surface area contributed by atoms with E-state index in [0.29, 0.717) is 30.8 Å². The van der Waals surface area contributed by atoms with Crippen LogP contribution >= 0.6 is 0 Å². The zero-order valence-corrected chi connectivity index (χ0v) is 13.3. The van der Waals surface area contributed by atoms with Crippen LogP contribution < -0.4 is 16.4 Å². The van der Waals surface area contributed by atoms with Crippen molar-refractivity contribution in [3.05, 3.63) is 45.0 Å². The van der Waals surface area contributed by atoms with E-state index in [4.69, 9.17) is 4.74 Å². The molecule has 2 aromatic rings. The number of aromatic nitrogens is 2. The Kier molecular flexibility index (Phi) is 5.07. The van der Waals surface area contributed by atoms with Gasteiger partial charge in [-0.25, -0.2) is 0 Å². The molecular weight excluding hydrogens is 312 g/mol. The van der Waals surface area contributed by atoms with E-state index in [1.165, 1.54) is 4.57 Å². The number of carbonyl (C=O) groups excluding carboxylic acids is 1. The van der Waals surface area contributed by atoms with E-state index in [9.17, 15) is 14.4 Å². The highest BCUT2D eigenvalue weighted by Gasteiger charge is 2.12. The molecule has 8 heteroatoms. The fourth-order valence-corrected chi connectivity index (χ4v) is 2.76. The summed E-state index contributed by atoms with van der Waals surface area (Å²) in [5.41, 5.74) is -0.388. The first-order valence-corrected chi connectivity index (χ1v) is 7.94. The predicted molar refractivity (Wildman–Crippen MR) is 89.1 cm³/mol. The zero-order chi connectivity index (χ0) is 16.9. The molecule has 2 heterocycles. The molecule has 1 amide bonds. The van der Waals surface area contributed by atoms with E-state index in [0.717, 1.165) is 19.6 Å². The van der Waals surface area contributed by atoms with Gasteiger partial charge in [0.25, 0.3) is 0 Å². The number of amides is 1. The molecule has 3 rings (SSSR count). The molecule has 0 radical (unpaired) electrons. The summed E-state index contributed by atoms with van der Waals surface area (Å²) in [5, 5.41) is 2.80. The van der Waals surface area contributed by atoms with Crippen LogP contribution in [-0.2, 0) is 16.1 Å². The van der Waals surface area contributed by atoms with Gasteiger partial charge in [0.2, 0.25) is 5.91 Å². The highest BCUT2D eigenvalue weighted by molar-refractivity contribution is 5.79. The fourth-order valence-electron chi connectivity index (χ4n) is 2.76. The molecule has 0 atom stereocenters. The Labute approximate surface area is 138 Å². The molecule has 1 fully saturated rings. The third-order valence-corrected chi connectivity index (χ3v) is 4.04. The minimum atomic E-state index is -0.727. The van der Waals surface area contributed by atoms with E-state index in [1.807, 2.05) is 0 Å². The molecule has 24 heavy (non-hydrogen) atoms. The second kappa shape index (κ2) is 7.41. The number of fused-ring (bicyclic) bond motifs is 1. The lowest BCUT2D eigenvalue weighted by molar-refractivity contribution is -0.121. The number of hydrogen-bond donors (Lipinski definition) is 2. The summed E-state index contributed by atoms with van der Waals surface area (Å²) in [5.74, 6) is -0.291. The summed E-state index contributed by atoms with van der Waals surface area (Å²) in [6.45, 7) is 4.19. The summed E-state index contributed by atoms with van der Waals surface area (Å²) < 4.78 is 6.48. The van der Waals surface area contributed by atoms with Crippen molar-refractivity contribution in [3.8, 4) is 0 Å². The van der Waals surface area contributed by atoms with Crippen LogP contribution in [0.15, 0.2) is 33.9 Å². The molecule has 1 aliphatic heterocycles. The molecule has 8 nitrogen and oxygen atoms in total. The number of morpholine rings is 1. The van der Waals surface area contributed by atoms with Crippen LogP contribution in [0.25, 0.3) is 11.0 Å². The summed E-state index contributed by atoms with van der Waals surface area (Å²) in [7, 11) is 0. The normalized spacial score (nSPS) is 15.5. The van der Waals surface area contributed by atoms with E-state index in [-0.39, 0.29) is 12.5 Å². The first kappa shape index (κ1) is 16.4. The van der Waals surface area contributed by atoms with Gasteiger partial charge in [0.1, 0.15) is 6.54 Å². The molecule has 2 N–H and O–H groups in total. The molecule has 1 aromatic heterocycles. The maximum atomic E-state index is 12.1. The Morgan fingerprint density at radius 1 is 1.21 bits per heavy atom. The first-order chi connectivity index (χ1) is 11.6. The minimum absolute atomic E-state index is 0.174. The Morgan fingerprint density at radius 3 is 2.75 bits per heavy atom. The van der Waals surface area contributed by atoms with Crippen LogP contribution in [0.1, 0.15) is 0 Å². The largest absolute Gasteiger partial charge is 0.379 e. The van der Waals surface area contributed by atoms with Crippen molar-refractivity contribution in [2.75, 3.05) is 39.4 Å². The quantitative estimate of drug-likeness (QED) is 0.695. The Hall–Kier alpha value is -2.45. The predicted octanol–water partition coefficient (Wildman–Crippen LogP) is -0.862. The monoisotopic (exact) mass is 332 g/mol. The van der Waals surface area contributed by atoms with Crippen molar-refractivity contribution in [1.29, 1.82) is 0 Å². The number of ether oxygens (including phenoxy) is 1. The van der Waals surface area contributed by atoms with Gasteiger partial charge in [0.05, 0.1) is 24.2 Å². The molecule has 0 aliphatic carbocycles. The third kappa shape index (κ3) is 3.72. The maximum Gasteiger partial charge on any atom is 0.317 e. The van der Waals surface area contributed by atoms with Crippen molar-refractivity contribution in [2.24, 2.45) is 0 Å². The highest BCUT2D eigenvalue weighted by atomic mass is 16.5. The number of para-hydroxylation sites is 2. The van der Waals surface area contributed by atoms with Gasteiger partial charge in [0, 0.05) is 26.2 Å². The molecule has 0 unspecified atom stereocenters. The number of rotatable bonds is 5. The van der Waals surface area contributed by atoms with Crippen LogP contribution in [0.4, 0.5) is 0 Å². The number of aromatic amines is 1. The van der Waals surface area contributed by atoms with Crippen molar-refractivity contribution in [1.82, 2.24) is 19.8 Å². The van der Waals surface area contributed by atoms with E-state index < -0.39 is 11.1 Å². The number of nitrogens with zero attached hydrogens (tertiary/aromatic N) is 2. The Morgan fingerprint density at radius 2 is 1.96 bits per heavy atom. The van der Waals surface area contributed by atoms with Crippen LogP contribution in [0.3, 0.4) is 0 Å². The third-order valence-electron chi connectivity index (χ3n) is 4.04. The summed E-state index contributed by atoms with van der Waals surface area (Å²) >= 11 is 0. The SMILES string of the molecule is O=C(Cn1c(=O)c(=O)[nH]c2ccccc21)NCCN1CCOCC1. The number of benzene rings is 1. The minimum Gasteiger partial charge on any atom is -0.379 e. The van der Waals surface area contributed by atoms with E-state index in [2.05, 4.69) is 15.2 Å². The molecule has 1 saturated heterocycles. The lowest BCUT2D eigenvalue weighted by Crippen LogP contribution is -2.43. The van der Waals surface area contributed by atoms with Gasteiger partial charge in [-0.1, -0.05) is 12.1 Å². The Bertz CT molecular complexity index is 836. The summed E-state index contributed by atoms with van der Waals surface area (Å²) in [6.07, 6.45) is 0. The van der Waals surface area contributed by atoms with Crippen LogP contribution in [-0.4, -0.2) is 59.8 Å². The average molecular weight is 332 g/mol. The number of carbonyl (C=O) groups is 1. The highest BCUT2D eigenvalue weighted by Crippen LogP contribution is 2.06. The second-order valence-electron chi connectivity index (χ2n) is 5.67. The number of H-pyrrole nitrogens is 1. The van der Waals surface area contributed by atoms with Crippen LogP contribution in [0.5, 0.6) is 0 Å². The van der Waals surface area contributed by atoms with Crippen molar-refractivity contribution in [2.45, 2.75) is 6.54 Å². The average Bonchev–Trinajstić information content (AvgIpc) is 2.60. The molecule has 1 aliphatic rings. The van der Waals surface area contributed by atoms with E-state index in [1.54, 1.807) is 24.3 Å². The molecule has 0 saturated carbocycles. The fraction of sp³-hybridized carbons (Fsp3) is 0.438. The van der Waals surface area contributed by atoms with E-state index >= 15 is 0 Å². The molecule has 0 spiro atoms. The first-order valence-electron chi connectivity index (χ1n) is 7.94. The van der Waals surface area contributed by atoms with Gasteiger partial charge >= 0.3 is 11.1 Å². The topological polar surface area (TPSA) is 96.4 Å². The maximum absolute atomic E-state index is 12.1. The zero-order valence-electron chi connectivity index (χ0n) is 13.3. The summed E-state index contributed by atoms with van der Waals surface area (Å²) in [6, 6.07) is 6.92. The lowest BCUT2D eigenvalue weighted by Gasteiger charge is -2.26. The van der Waals surface area contributed by atoms with Gasteiger partial charge in [0.15, 0.2) is 0 Å². The molecular formula is C16H20N4O4. The van der Waals surface area contributed by atoms with Crippen molar-refractivity contribution < 1.29 is 9.53 Å². The van der Waals surface area contributed by atoms with Crippen molar-refractivity contribution >= 4 is 16.9 Å². The van der Waals surface area contributed by atoms with Crippen LogP contribution in [0.2, 0.25) is 0 Å². The van der Waals surface area contributed by atoms with Gasteiger partial charge in [-0.2, -0.15) is 0 Å². The summed E-state index contributed by atoms with van der Waals surface area (Å²) in [4.78, 5) is 40.6. The smallest absolute Gasteiger partial charge is 0.317 e. The van der Waals surface area contributed by atoms with Gasteiger partial charge in [-0.3, -0.25) is 23.9 Å². The van der Waals surface area contributed by atoms with Gasteiger partial charge in [-0.05, 0) is 12.1 Å². The van der Waals surface area contributed by atoms with Crippen LogP contribution in [0, 0.1) is 0 Å². The van der Waals surface area contributed by atoms with Crippen molar-refractivity contribution in [3.63, 3.8) is 0 Å². The lowest BCUT2D eigenvalue weighted by atomic mass is 10.3. The Balaban J connectivity index is 1.66. The molecule has 128 valence electrons. The molecule has 0 bridgehead atoms. The standard InChI is InChI=1S/C16H20N4O4/c21-14(17-5-6-19-7-9-24-10-8-19)11-20-13-4-2-1-3-12(13)18-15(22)16(20)23/h1-4H,5-11H2,(H,17,21)(H,18,22). The number of hydrogen-bond acceptors (Lipinski definition) is 5. The van der Waals surface area contributed by atoms with Gasteiger partial charge < -0.3 is 15.0 Å². The number of nitrogens with one attached hydrogen (secondary N) is 2.